The first kappa shape index (κ1) is 15.4. The van der Waals surface area contributed by atoms with Crippen LogP contribution in [0.1, 0.15) is 12.0 Å². The molecule has 1 rings (SSSR count). The van der Waals surface area contributed by atoms with E-state index in [9.17, 15) is 4.79 Å². The first-order valence-electron chi connectivity index (χ1n) is 5.75. The molecular formula is C13H18BrNO2S. The van der Waals surface area contributed by atoms with Gasteiger partial charge in [0.2, 0.25) is 5.91 Å². The minimum absolute atomic E-state index is 0.124. The van der Waals surface area contributed by atoms with Gasteiger partial charge in [-0.25, -0.2) is 0 Å². The normalized spacial score (nSPS) is 10.2. The number of rotatable bonds is 6. The Labute approximate surface area is 122 Å². The second-order valence-corrected chi connectivity index (χ2v) is 5.36. The zero-order valence-corrected chi connectivity index (χ0v) is 13.1. The van der Waals surface area contributed by atoms with Crippen LogP contribution in [0, 0.1) is 0 Å². The third kappa shape index (κ3) is 4.53. The van der Waals surface area contributed by atoms with Gasteiger partial charge in [-0.15, -0.1) is 0 Å². The lowest BCUT2D eigenvalue weighted by Crippen LogP contribution is -2.28. The molecule has 0 saturated carbocycles. The molecule has 0 aliphatic carbocycles. The minimum Gasteiger partial charge on any atom is -0.496 e. The maximum atomic E-state index is 11.6. The number of halogens is 1. The van der Waals surface area contributed by atoms with Crippen LogP contribution < -0.4 is 4.74 Å². The van der Waals surface area contributed by atoms with Gasteiger partial charge in [-0.3, -0.25) is 4.79 Å². The number of benzene rings is 1. The number of methoxy groups -OCH3 is 1. The van der Waals surface area contributed by atoms with Gasteiger partial charge in [0.15, 0.2) is 0 Å². The Morgan fingerprint density at radius 3 is 2.83 bits per heavy atom. The zero-order valence-electron chi connectivity index (χ0n) is 10.6. The molecule has 0 aromatic heterocycles. The van der Waals surface area contributed by atoms with E-state index in [4.69, 9.17) is 4.74 Å². The zero-order chi connectivity index (χ0) is 13.5. The fraction of sp³-hybridized carbons (Fsp3) is 0.462. The van der Waals surface area contributed by atoms with Crippen molar-refractivity contribution >= 4 is 34.5 Å². The van der Waals surface area contributed by atoms with Crippen molar-refractivity contribution in [1.29, 1.82) is 0 Å². The predicted molar refractivity (Wildman–Crippen MR) is 80.5 cm³/mol. The Morgan fingerprint density at radius 2 is 2.22 bits per heavy atom. The minimum atomic E-state index is 0.124. The first-order valence-corrected chi connectivity index (χ1v) is 7.18. The Morgan fingerprint density at radius 1 is 1.50 bits per heavy atom. The third-order valence-corrected chi connectivity index (χ3v) is 3.43. The number of nitrogens with zero attached hydrogens (tertiary/aromatic N) is 1. The Balaban J connectivity index is 2.62. The fourth-order valence-corrected chi connectivity index (χ4v) is 2.24. The van der Waals surface area contributed by atoms with Crippen LogP contribution in [0.2, 0.25) is 0 Å². The second kappa shape index (κ2) is 7.69. The van der Waals surface area contributed by atoms with E-state index in [1.807, 2.05) is 25.2 Å². The predicted octanol–water partition coefficient (Wildman–Crippen LogP) is 2.78. The van der Waals surface area contributed by atoms with Crippen molar-refractivity contribution in [2.45, 2.75) is 12.8 Å². The quantitative estimate of drug-likeness (QED) is 0.812. The molecule has 1 amide bonds. The largest absolute Gasteiger partial charge is 0.496 e. The number of hydrogen-bond donors (Lipinski definition) is 1. The highest BCUT2D eigenvalue weighted by atomic mass is 79.9. The molecule has 5 heteroatoms. The fourth-order valence-electron chi connectivity index (χ4n) is 1.64. The van der Waals surface area contributed by atoms with Crippen LogP contribution in [0.5, 0.6) is 5.75 Å². The molecule has 0 spiro atoms. The van der Waals surface area contributed by atoms with E-state index in [0.29, 0.717) is 18.7 Å². The summed E-state index contributed by atoms with van der Waals surface area (Å²) in [6.07, 6.45) is 1.26. The topological polar surface area (TPSA) is 29.5 Å². The molecule has 3 nitrogen and oxygen atoms in total. The summed E-state index contributed by atoms with van der Waals surface area (Å²) in [7, 11) is 3.47. The summed E-state index contributed by atoms with van der Waals surface area (Å²) in [6.45, 7) is 0.680. The van der Waals surface area contributed by atoms with E-state index in [1.54, 1.807) is 12.0 Å². The monoisotopic (exact) mass is 331 g/mol. The number of carbonyl (C=O) groups excluding carboxylic acids is 1. The van der Waals surface area contributed by atoms with Crippen molar-refractivity contribution in [3.05, 3.63) is 28.2 Å². The molecule has 0 bridgehead atoms. The van der Waals surface area contributed by atoms with E-state index in [1.165, 1.54) is 0 Å². The summed E-state index contributed by atoms with van der Waals surface area (Å²) in [5, 5.41) is 0. The van der Waals surface area contributed by atoms with E-state index in [-0.39, 0.29) is 5.91 Å². The number of thiol groups is 1. The van der Waals surface area contributed by atoms with Crippen LogP contribution in [0.25, 0.3) is 0 Å². The summed E-state index contributed by atoms with van der Waals surface area (Å²) in [5.74, 6) is 1.57. The van der Waals surface area contributed by atoms with Gasteiger partial charge in [0, 0.05) is 24.5 Å². The SMILES string of the molecule is COc1ccc(Br)cc1CCN(C)C(=O)CCS. The van der Waals surface area contributed by atoms with Gasteiger partial charge in [-0.05, 0) is 35.9 Å². The van der Waals surface area contributed by atoms with Gasteiger partial charge in [0.25, 0.3) is 0 Å². The smallest absolute Gasteiger partial charge is 0.223 e. The lowest BCUT2D eigenvalue weighted by atomic mass is 10.1. The van der Waals surface area contributed by atoms with Crippen LogP contribution in [0.15, 0.2) is 22.7 Å². The van der Waals surface area contributed by atoms with Gasteiger partial charge < -0.3 is 9.64 Å². The highest BCUT2D eigenvalue weighted by molar-refractivity contribution is 9.10. The first-order chi connectivity index (χ1) is 8.58. The van der Waals surface area contributed by atoms with Crippen LogP contribution in [-0.4, -0.2) is 37.3 Å². The summed E-state index contributed by atoms with van der Waals surface area (Å²) < 4.78 is 6.32. The number of ether oxygens (including phenoxy) is 1. The molecule has 0 aliphatic heterocycles. The summed E-state index contributed by atoms with van der Waals surface area (Å²) in [6, 6.07) is 5.89. The maximum absolute atomic E-state index is 11.6. The van der Waals surface area contributed by atoms with E-state index in [0.717, 1.165) is 22.2 Å². The lowest BCUT2D eigenvalue weighted by molar-refractivity contribution is -0.129. The summed E-state index contributed by atoms with van der Waals surface area (Å²) in [5.41, 5.74) is 1.09. The van der Waals surface area contributed by atoms with Crippen molar-refractivity contribution < 1.29 is 9.53 Å². The maximum Gasteiger partial charge on any atom is 0.223 e. The van der Waals surface area contributed by atoms with Crippen molar-refractivity contribution in [3.8, 4) is 5.75 Å². The Hall–Kier alpha value is -0.680. The van der Waals surface area contributed by atoms with Gasteiger partial charge in [-0.2, -0.15) is 12.6 Å². The molecule has 0 saturated heterocycles. The molecule has 1 aromatic carbocycles. The van der Waals surface area contributed by atoms with Crippen molar-refractivity contribution in [2.75, 3.05) is 26.5 Å². The molecule has 100 valence electrons. The number of likely N-dealkylation sites (N-methyl/N-ethyl adjacent to an activating group) is 1. The summed E-state index contributed by atoms with van der Waals surface area (Å²) in [4.78, 5) is 13.4. The van der Waals surface area contributed by atoms with Crippen LogP contribution in [-0.2, 0) is 11.2 Å². The third-order valence-electron chi connectivity index (χ3n) is 2.71. The lowest BCUT2D eigenvalue weighted by Gasteiger charge is -2.17. The molecule has 0 atom stereocenters. The molecule has 0 heterocycles. The van der Waals surface area contributed by atoms with Crippen LogP contribution >= 0.6 is 28.6 Å². The highest BCUT2D eigenvalue weighted by Crippen LogP contribution is 2.23. The Kier molecular flexibility index (Phi) is 6.57. The number of hydrogen-bond acceptors (Lipinski definition) is 3. The van der Waals surface area contributed by atoms with Gasteiger partial charge in [0.05, 0.1) is 7.11 Å². The van der Waals surface area contributed by atoms with Crippen molar-refractivity contribution in [2.24, 2.45) is 0 Å². The molecule has 0 radical (unpaired) electrons. The average molecular weight is 332 g/mol. The van der Waals surface area contributed by atoms with Gasteiger partial charge in [0.1, 0.15) is 5.75 Å². The molecule has 0 fully saturated rings. The molecule has 18 heavy (non-hydrogen) atoms. The molecule has 0 N–H and O–H groups in total. The standard InChI is InChI=1S/C13H18BrNO2S/c1-15(13(16)6-8-18)7-5-10-9-11(14)3-4-12(10)17-2/h3-4,9,18H,5-8H2,1-2H3. The average Bonchev–Trinajstić information content (AvgIpc) is 2.36. The molecule has 0 unspecified atom stereocenters. The van der Waals surface area contributed by atoms with Crippen molar-refractivity contribution in [1.82, 2.24) is 4.90 Å². The van der Waals surface area contributed by atoms with Crippen molar-refractivity contribution in [3.63, 3.8) is 0 Å². The number of carbonyl (C=O) groups is 1. The second-order valence-electron chi connectivity index (χ2n) is 4.00. The molecular weight excluding hydrogens is 314 g/mol. The van der Waals surface area contributed by atoms with Gasteiger partial charge >= 0.3 is 0 Å². The summed E-state index contributed by atoms with van der Waals surface area (Å²) >= 11 is 7.50. The number of amides is 1. The molecule has 0 aliphatic rings. The van der Waals surface area contributed by atoms with Gasteiger partial charge in [-0.1, -0.05) is 15.9 Å². The molecule has 1 aromatic rings. The van der Waals surface area contributed by atoms with E-state index in [2.05, 4.69) is 28.6 Å². The van der Waals surface area contributed by atoms with E-state index < -0.39 is 0 Å². The van der Waals surface area contributed by atoms with Crippen LogP contribution in [0.3, 0.4) is 0 Å². The Bertz CT molecular complexity index is 412. The van der Waals surface area contributed by atoms with Crippen LogP contribution in [0.4, 0.5) is 0 Å². The van der Waals surface area contributed by atoms with E-state index >= 15 is 0 Å². The highest BCUT2D eigenvalue weighted by Gasteiger charge is 2.09.